The lowest BCUT2D eigenvalue weighted by atomic mass is 9.97. The van der Waals surface area contributed by atoms with Crippen LogP contribution in [-0.4, -0.2) is 38.9 Å². The molecule has 2 unspecified atom stereocenters. The van der Waals surface area contributed by atoms with E-state index >= 15 is 0 Å². The van der Waals surface area contributed by atoms with E-state index in [9.17, 15) is 4.79 Å². The molecule has 96 valence electrons. The predicted octanol–water partition coefficient (Wildman–Crippen LogP) is 1.59. The Bertz CT molecular complexity index is 185. The van der Waals surface area contributed by atoms with Gasteiger partial charge in [-0.05, 0) is 19.3 Å². The zero-order chi connectivity index (χ0) is 12.4. The normalized spacial score (nSPS) is 14.5. The first-order valence-electron chi connectivity index (χ1n) is 6.06. The van der Waals surface area contributed by atoms with Crippen molar-refractivity contribution >= 4 is 5.97 Å². The maximum Gasteiger partial charge on any atom is 0.323 e. The van der Waals surface area contributed by atoms with Crippen LogP contribution in [-0.2, 0) is 14.3 Å². The van der Waals surface area contributed by atoms with Gasteiger partial charge in [-0.3, -0.25) is 4.79 Å². The van der Waals surface area contributed by atoms with Gasteiger partial charge < -0.3 is 14.8 Å². The third kappa shape index (κ3) is 6.08. The average Bonchev–Trinajstić information content (AvgIpc) is 2.25. The van der Waals surface area contributed by atoms with Gasteiger partial charge in [0.25, 0.3) is 0 Å². The van der Waals surface area contributed by atoms with Crippen molar-refractivity contribution in [1.82, 2.24) is 5.32 Å². The number of carbonyl (C=O) groups is 1. The van der Waals surface area contributed by atoms with E-state index < -0.39 is 0 Å². The molecule has 0 aliphatic rings. The number of hydrogen-bond acceptors (Lipinski definition) is 4. The highest BCUT2D eigenvalue weighted by Crippen LogP contribution is 2.12. The third-order valence-electron chi connectivity index (χ3n) is 2.52. The maximum atomic E-state index is 11.7. The first-order chi connectivity index (χ1) is 7.67. The highest BCUT2D eigenvalue weighted by Gasteiger charge is 2.24. The average molecular weight is 231 g/mol. The molecule has 0 bridgehead atoms. The summed E-state index contributed by atoms with van der Waals surface area (Å²) in [5, 5.41) is 3.19. The van der Waals surface area contributed by atoms with Crippen molar-refractivity contribution in [2.24, 2.45) is 5.92 Å². The van der Waals surface area contributed by atoms with Gasteiger partial charge >= 0.3 is 5.97 Å². The van der Waals surface area contributed by atoms with Crippen LogP contribution in [0.25, 0.3) is 0 Å². The van der Waals surface area contributed by atoms with Gasteiger partial charge in [-0.25, -0.2) is 0 Å². The molecule has 0 saturated heterocycles. The fourth-order valence-corrected chi connectivity index (χ4v) is 1.69. The second-order valence-corrected chi connectivity index (χ2v) is 3.94. The second kappa shape index (κ2) is 9.60. The van der Waals surface area contributed by atoms with Crippen LogP contribution < -0.4 is 5.32 Å². The van der Waals surface area contributed by atoms with Crippen molar-refractivity contribution in [3.63, 3.8) is 0 Å². The van der Waals surface area contributed by atoms with Gasteiger partial charge in [-0.2, -0.15) is 0 Å². The summed E-state index contributed by atoms with van der Waals surface area (Å²) in [6.45, 7) is 7.73. The van der Waals surface area contributed by atoms with E-state index in [-0.39, 0.29) is 12.0 Å². The fourth-order valence-electron chi connectivity index (χ4n) is 1.69. The Morgan fingerprint density at radius 2 is 2.06 bits per heavy atom. The SMILES string of the molecule is CCCC(C)C(NCCOC)C(=O)OCC. The van der Waals surface area contributed by atoms with E-state index in [1.54, 1.807) is 7.11 Å². The summed E-state index contributed by atoms with van der Waals surface area (Å²) in [6, 6.07) is -0.213. The van der Waals surface area contributed by atoms with Crippen LogP contribution in [0.1, 0.15) is 33.6 Å². The Labute approximate surface area is 98.7 Å². The number of hydrogen-bond donors (Lipinski definition) is 1. The molecule has 0 fully saturated rings. The maximum absolute atomic E-state index is 11.7. The topological polar surface area (TPSA) is 47.6 Å². The molecule has 2 atom stereocenters. The zero-order valence-electron chi connectivity index (χ0n) is 10.9. The lowest BCUT2D eigenvalue weighted by Gasteiger charge is -2.23. The lowest BCUT2D eigenvalue weighted by Crippen LogP contribution is -2.44. The van der Waals surface area contributed by atoms with Gasteiger partial charge in [0, 0.05) is 13.7 Å². The molecule has 0 spiro atoms. The fraction of sp³-hybridized carbons (Fsp3) is 0.917. The van der Waals surface area contributed by atoms with Gasteiger partial charge in [0.1, 0.15) is 6.04 Å². The molecule has 0 amide bonds. The van der Waals surface area contributed by atoms with Crippen LogP contribution >= 0.6 is 0 Å². The highest BCUT2D eigenvalue weighted by molar-refractivity contribution is 5.76. The van der Waals surface area contributed by atoms with Crippen LogP contribution in [0.15, 0.2) is 0 Å². The van der Waals surface area contributed by atoms with Gasteiger partial charge in [-0.1, -0.05) is 20.3 Å². The largest absolute Gasteiger partial charge is 0.465 e. The number of rotatable bonds is 9. The van der Waals surface area contributed by atoms with Crippen molar-refractivity contribution in [3.05, 3.63) is 0 Å². The van der Waals surface area contributed by atoms with E-state index in [1.807, 2.05) is 6.92 Å². The smallest absolute Gasteiger partial charge is 0.323 e. The molecule has 0 aliphatic carbocycles. The van der Waals surface area contributed by atoms with Gasteiger partial charge in [-0.15, -0.1) is 0 Å². The number of nitrogens with one attached hydrogen (secondary N) is 1. The van der Waals surface area contributed by atoms with Crippen LogP contribution in [0.2, 0.25) is 0 Å². The molecule has 0 heterocycles. The molecule has 16 heavy (non-hydrogen) atoms. The van der Waals surface area contributed by atoms with E-state index in [4.69, 9.17) is 9.47 Å². The van der Waals surface area contributed by atoms with E-state index in [0.717, 1.165) is 12.8 Å². The zero-order valence-corrected chi connectivity index (χ0v) is 10.9. The van der Waals surface area contributed by atoms with Gasteiger partial charge in [0.2, 0.25) is 0 Å². The number of methoxy groups -OCH3 is 1. The summed E-state index contributed by atoms with van der Waals surface area (Å²) in [7, 11) is 1.65. The molecule has 0 rings (SSSR count). The first-order valence-corrected chi connectivity index (χ1v) is 6.06. The van der Waals surface area contributed by atoms with Crippen molar-refractivity contribution in [2.45, 2.75) is 39.7 Å². The number of carbonyl (C=O) groups excluding carboxylic acids is 1. The lowest BCUT2D eigenvalue weighted by molar-refractivity contribution is -0.147. The van der Waals surface area contributed by atoms with Crippen LogP contribution in [0.5, 0.6) is 0 Å². The highest BCUT2D eigenvalue weighted by atomic mass is 16.5. The Kier molecular flexibility index (Phi) is 9.24. The molecule has 1 N–H and O–H groups in total. The van der Waals surface area contributed by atoms with E-state index in [0.29, 0.717) is 25.7 Å². The Morgan fingerprint density at radius 1 is 1.38 bits per heavy atom. The van der Waals surface area contributed by atoms with E-state index in [2.05, 4.69) is 19.2 Å². The van der Waals surface area contributed by atoms with Crippen LogP contribution in [0.4, 0.5) is 0 Å². The molecular formula is C12H25NO3. The quantitative estimate of drug-likeness (QED) is 0.483. The summed E-state index contributed by atoms with van der Waals surface area (Å²) in [5.41, 5.74) is 0. The van der Waals surface area contributed by atoms with Gasteiger partial charge in [0.05, 0.1) is 13.2 Å². The molecule has 0 aliphatic heterocycles. The van der Waals surface area contributed by atoms with E-state index in [1.165, 1.54) is 0 Å². The van der Waals surface area contributed by atoms with Crippen molar-refractivity contribution < 1.29 is 14.3 Å². The predicted molar refractivity (Wildman–Crippen MR) is 64.4 cm³/mol. The summed E-state index contributed by atoms with van der Waals surface area (Å²) in [6.07, 6.45) is 2.09. The van der Waals surface area contributed by atoms with Crippen molar-refractivity contribution in [2.75, 3.05) is 26.9 Å². The summed E-state index contributed by atoms with van der Waals surface area (Å²) in [4.78, 5) is 11.7. The molecule has 0 aromatic rings. The van der Waals surface area contributed by atoms with Crippen LogP contribution in [0, 0.1) is 5.92 Å². The van der Waals surface area contributed by atoms with Gasteiger partial charge in [0.15, 0.2) is 0 Å². The molecule has 4 heteroatoms. The molecule has 0 radical (unpaired) electrons. The van der Waals surface area contributed by atoms with Crippen molar-refractivity contribution in [1.29, 1.82) is 0 Å². The third-order valence-corrected chi connectivity index (χ3v) is 2.52. The van der Waals surface area contributed by atoms with Crippen molar-refractivity contribution in [3.8, 4) is 0 Å². The Morgan fingerprint density at radius 3 is 2.56 bits per heavy atom. The first kappa shape index (κ1) is 15.4. The summed E-state index contributed by atoms with van der Waals surface area (Å²) >= 11 is 0. The standard InChI is InChI=1S/C12H25NO3/c1-5-7-10(3)11(12(14)16-6-2)13-8-9-15-4/h10-11,13H,5-9H2,1-4H3. The monoisotopic (exact) mass is 231 g/mol. The minimum Gasteiger partial charge on any atom is -0.465 e. The molecule has 0 saturated carbocycles. The number of esters is 1. The Balaban J connectivity index is 4.19. The summed E-state index contributed by atoms with van der Waals surface area (Å²) < 4.78 is 10.0. The molecule has 4 nitrogen and oxygen atoms in total. The Hall–Kier alpha value is -0.610. The summed E-state index contributed by atoms with van der Waals surface area (Å²) in [5.74, 6) is 0.139. The number of ether oxygens (including phenoxy) is 2. The minimum absolute atomic E-state index is 0.153. The van der Waals surface area contributed by atoms with Crippen LogP contribution in [0.3, 0.4) is 0 Å². The minimum atomic E-state index is -0.213. The molecular weight excluding hydrogens is 206 g/mol. The second-order valence-electron chi connectivity index (χ2n) is 3.94. The molecule has 0 aromatic heterocycles. The molecule has 0 aromatic carbocycles.